The molecule has 8 heteroatoms. The highest BCUT2D eigenvalue weighted by molar-refractivity contribution is 6.00. The number of Topliss-reactive ketones (excluding diaryl/α,β-unsaturated/α-hetero) is 1. The first kappa shape index (κ1) is 28.2. The van der Waals surface area contributed by atoms with Gasteiger partial charge in [-0.3, -0.25) is 29.4 Å². The minimum absolute atomic E-state index is 0.0245. The van der Waals surface area contributed by atoms with Gasteiger partial charge in [-0.05, 0) is 66.8 Å². The van der Waals surface area contributed by atoms with Crippen LogP contribution in [-0.4, -0.2) is 54.7 Å². The van der Waals surface area contributed by atoms with E-state index >= 15 is 0 Å². The van der Waals surface area contributed by atoms with Gasteiger partial charge in [0.05, 0.1) is 19.6 Å². The lowest BCUT2D eigenvalue weighted by Gasteiger charge is -2.27. The lowest BCUT2D eigenvalue weighted by Crippen LogP contribution is -2.41. The molecule has 40 heavy (non-hydrogen) atoms. The van der Waals surface area contributed by atoms with E-state index in [-0.39, 0.29) is 35.3 Å². The maximum Gasteiger partial charge on any atom is 0.229 e. The first-order valence-electron chi connectivity index (χ1n) is 14.5. The van der Waals surface area contributed by atoms with Crippen LogP contribution in [-0.2, 0) is 45.1 Å². The number of imide groups is 1. The average Bonchev–Trinajstić information content (AvgIpc) is 2.95. The molecule has 2 saturated heterocycles. The Balaban J connectivity index is 1.11. The van der Waals surface area contributed by atoms with Gasteiger partial charge in [-0.1, -0.05) is 36.4 Å². The maximum atomic E-state index is 13.1. The van der Waals surface area contributed by atoms with Crippen molar-refractivity contribution in [3.05, 3.63) is 69.8 Å². The number of aryl methyl sites for hydroxylation is 2. The molecule has 2 heterocycles. The van der Waals surface area contributed by atoms with Crippen molar-refractivity contribution in [3.63, 3.8) is 0 Å². The van der Waals surface area contributed by atoms with Crippen molar-refractivity contribution in [2.45, 2.75) is 65.0 Å². The minimum Gasteiger partial charge on any atom is -0.379 e. The normalized spacial score (nSPS) is 21.6. The van der Waals surface area contributed by atoms with Gasteiger partial charge in [0.1, 0.15) is 0 Å². The number of hydrogen-bond donors (Lipinski definition) is 2. The molecule has 2 aromatic carbocycles. The van der Waals surface area contributed by atoms with E-state index in [2.05, 4.69) is 34.6 Å². The second-order valence-corrected chi connectivity index (χ2v) is 11.4. The molecule has 2 aromatic rings. The molecule has 0 radical (unpaired) electrons. The van der Waals surface area contributed by atoms with E-state index in [9.17, 15) is 19.2 Å². The number of fused-ring (bicyclic) bond motifs is 1. The van der Waals surface area contributed by atoms with Crippen LogP contribution in [0.2, 0.25) is 0 Å². The topological polar surface area (TPSA) is 105 Å². The molecule has 0 aromatic heterocycles. The van der Waals surface area contributed by atoms with Gasteiger partial charge in [-0.15, -0.1) is 0 Å². The summed E-state index contributed by atoms with van der Waals surface area (Å²) >= 11 is 0. The van der Waals surface area contributed by atoms with Crippen LogP contribution >= 0.6 is 0 Å². The molecule has 2 unspecified atom stereocenters. The smallest absolute Gasteiger partial charge is 0.229 e. The Morgan fingerprint density at radius 1 is 0.975 bits per heavy atom. The molecule has 8 nitrogen and oxygen atoms in total. The SMILES string of the molecule is Cc1ccc(CC(=O)NCc2ccc3c(c2)CCC(CCC2CCC(=O)NC2=O)C3=O)cc1CN1CCOCC1. The summed E-state index contributed by atoms with van der Waals surface area (Å²) in [7, 11) is 0. The fourth-order valence-electron chi connectivity index (χ4n) is 6.03. The molecule has 0 spiro atoms. The quantitative estimate of drug-likeness (QED) is 0.469. The lowest BCUT2D eigenvalue weighted by atomic mass is 9.78. The van der Waals surface area contributed by atoms with Crippen molar-refractivity contribution in [3.8, 4) is 0 Å². The third-order valence-corrected chi connectivity index (χ3v) is 8.55. The molecule has 2 fully saturated rings. The Kier molecular flexibility index (Phi) is 9.07. The third kappa shape index (κ3) is 7.04. The van der Waals surface area contributed by atoms with Gasteiger partial charge in [0, 0.05) is 50.0 Å². The molecule has 212 valence electrons. The summed E-state index contributed by atoms with van der Waals surface area (Å²) in [5.41, 5.74) is 6.26. The summed E-state index contributed by atoms with van der Waals surface area (Å²) in [5, 5.41) is 5.45. The number of ether oxygens (including phenoxy) is 1. The Morgan fingerprint density at radius 2 is 1.73 bits per heavy atom. The average molecular weight is 546 g/mol. The largest absolute Gasteiger partial charge is 0.379 e. The molecule has 0 bridgehead atoms. The Bertz CT molecular complexity index is 1280. The molecule has 2 aliphatic heterocycles. The lowest BCUT2D eigenvalue weighted by molar-refractivity contribution is -0.136. The third-order valence-electron chi connectivity index (χ3n) is 8.55. The summed E-state index contributed by atoms with van der Waals surface area (Å²) in [6.07, 6.45) is 4.12. The fourth-order valence-corrected chi connectivity index (χ4v) is 6.03. The molecular weight excluding hydrogens is 506 g/mol. The first-order valence-corrected chi connectivity index (χ1v) is 14.5. The molecule has 1 aliphatic carbocycles. The number of nitrogens with one attached hydrogen (secondary N) is 2. The number of hydrogen-bond acceptors (Lipinski definition) is 6. The zero-order chi connectivity index (χ0) is 28.1. The highest BCUT2D eigenvalue weighted by atomic mass is 16.5. The van der Waals surface area contributed by atoms with Crippen LogP contribution in [0.5, 0.6) is 0 Å². The van der Waals surface area contributed by atoms with E-state index in [4.69, 9.17) is 4.74 Å². The van der Waals surface area contributed by atoms with Crippen LogP contribution in [0.25, 0.3) is 0 Å². The van der Waals surface area contributed by atoms with Gasteiger partial charge in [0.25, 0.3) is 0 Å². The van der Waals surface area contributed by atoms with Gasteiger partial charge in [0.15, 0.2) is 5.78 Å². The number of piperidine rings is 1. The number of carbonyl (C=O) groups excluding carboxylic acids is 4. The summed E-state index contributed by atoms with van der Waals surface area (Å²) in [6, 6.07) is 12.1. The summed E-state index contributed by atoms with van der Waals surface area (Å²) in [4.78, 5) is 51.7. The minimum atomic E-state index is -0.209. The Hall–Kier alpha value is -3.36. The molecule has 2 atom stereocenters. The first-order chi connectivity index (χ1) is 19.4. The molecule has 5 rings (SSSR count). The highest BCUT2D eigenvalue weighted by Gasteiger charge is 2.31. The zero-order valence-corrected chi connectivity index (χ0v) is 23.3. The number of nitrogens with zero attached hydrogens (tertiary/aromatic N) is 1. The summed E-state index contributed by atoms with van der Waals surface area (Å²) in [5.74, 6) is -0.581. The Labute approximate surface area is 235 Å². The van der Waals surface area contributed by atoms with Crippen molar-refractivity contribution < 1.29 is 23.9 Å². The van der Waals surface area contributed by atoms with Crippen molar-refractivity contribution in [1.82, 2.24) is 15.5 Å². The molecule has 0 saturated carbocycles. The van der Waals surface area contributed by atoms with Crippen LogP contribution in [0.15, 0.2) is 36.4 Å². The van der Waals surface area contributed by atoms with E-state index in [1.807, 2.05) is 24.3 Å². The number of ketones is 1. The van der Waals surface area contributed by atoms with E-state index < -0.39 is 0 Å². The number of morpholine rings is 1. The van der Waals surface area contributed by atoms with Gasteiger partial charge in [0.2, 0.25) is 17.7 Å². The number of carbonyl (C=O) groups is 4. The number of benzene rings is 2. The van der Waals surface area contributed by atoms with E-state index in [0.717, 1.165) is 67.9 Å². The van der Waals surface area contributed by atoms with Crippen LogP contribution < -0.4 is 10.6 Å². The number of amides is 3. The molecular formula is C32H39N3O5. The predicted molar refractivity (Wildman–Crippen MR) is 151 cm³/mol. The Morgan fingerprint density at radius 3 is 2.52 bits per heavy atom. The van der Waals surface area contributed by atoms with E-state index in [1.54, 1.807) is 0 Å². The second-order valence-electron chi connectivity index (χ2n) is 11.4. The van der Waals surface area contributed by atoms with Crippen LogP contribution in [0.4, 0.5) is 0 Å². The van der Waals surface area contributed by atoms with Gasteiger partial charge in [-0.2, -0.15) is 0 Å². The second kappa shape index (κ2) is 12.9. The van der Waals surface area contributed by atoms with Crippen molar-refractivity contribution in [2.75, 3.05) is 26.3 Å². The fraction of sp³-hybridized carbons (Fsp3) is 0.500. The van der Waals surface area contributed by atoms with Crippen molar-refractivity contribution in [2.24, 2.45) is 11.8 Å². The van der Waals surface area contributed by atoms with E-state index in [0.29, 0.717) is 38.6 Å². The van der Waals surface area contributed by atoms with Crippen molar-refractivity contribution >= 4 is 23.5 Å². The number of rotatable bonds is 9. The molecule has 3 aliphatic rings. The van der Waals surface area contributed by atoms with Crippen molar-refractivity contribution in [1.29, 1.82) is 0 Å². The standard InChI is InChI=1S/C32H39N3O5/c1-21-2-3-22(16-27(21)20-35-12-14-40-15-13-35)18-30(37)33-19-23-4-10-28-26(17-23)8-6-24(31(28)38)5-7-25-9-11-29(36)34-32(25)39/h2-4,10,16-17,24-25H,5-9,11-15,18-20H2,1H3,(H,33,37)(H,34,36,39). The monoisotopic (exact) mass is 545 g/mol. The van der Waals surface area contributed by atoms with Gasteiger partial charge in [-0.25, -0.2) is 0 Å². The van der Waals surface area contributed by atoms with Gasteiger partial charge >= 0.3 is 0 Å². The molecule has 3 amide bonds. The summed E-state index contributed by atoms with van der Waals surface area (Å²) in [6.45, 7) is 6.80. The summed E-state index contributed by atoms with van der Waals surface area (Å²) < 4.78 is 5.45. The molecule has 2 N–H and O–H groups in total. The highest BCUT2D eigenvalue weighted by Crippen LogP contribution is 2.31. The van der Waals surface area contributed by atoms with Crippen LogP contribution in [0.3, 0.4) is 0 Å². The van der Waals surface area contributed by atoms with Crippen LogP contribution in [0, 0.1) is 18.8 Å². The van der Waals surface area contributed by atoms with E-state index in [1.165, 1.54) is 11.1 Å². The van der Waals surface area contributed by atoms with Gasteiger partial charge < -0.3 is 10.1 Å². The van der Waals surface area contributed by atoms with Crippen LogP contribution in [0.1, 0.15) is 70.3 Å². The maximum absolute atomic E-state index is 13.1. The zero-order valence-electron chi connectivity index (χ0n) is 23.3. The predicted octanol–water partition coefficient (Wildman–Crippen LogP) is 3.26.